The molecule has 2 heterocycles. The highest BCUT2D eigenvalue weighted by Gasteiger charge is 2.32. The van der Waals surface area contributed by atoms with E-state index in [2.05, 4.69) is 20.3 Å². The Kier molecular flexibility index (Phi) is 3.46. The number of aliphatic hydroxyl groups is 1. The fourth-order valence-corrected chi connectivity index (χ4v) is 2.16. The lowest BCUT2D eigenvalue weighted by atomic mass is 10.2. The standard InChI is InChI=1S/C12H9N5O6/c18-4-3-16-9(19)5-7(12(16)20)13-11-8(17(21)22)2-1-6-10(11)15-23-14-6/h1-2,5,13,18H,3-4H2. The summed E-state index contributed by atoms with van der Waals surface area (Å²) in [5.41, 5.74) is -0.312. The van der Waals surface area contributed by atoms with Crippen molar-refractivity contribution in [2.45, 2.75) is 0 Å². The number of nitro benzene ring substituents is 1. The number of β-amino-alcohol motifs (C(OH)–C–C–N with tert-alkyl or cyclic N) is 1. The predicted octanol–water partition coefficient (Wildman–Crippen LogP) is -0.212. The van der Waals surface area contributed by atoms with Gasteiger partial charge in [0.05, 0.1) is 18.1 Å². The van der Waals surface area contributed by atoms with Gasteiger partial charge in [0.1, 0.15) is 16.9 Å². The zero-order valence-corrected chi connectivity index (χ0v) is 11.4. The molecule has 0 unspecified atom stereocenters. The Morgan fingerprint density at radius 2 is 2.13 bits per heavy atom. The Balaban J connectivity index is 2.02. The molecule has 0 bridgehead atoms. The predicted molar refractivity (Wildman–Crippen MR) is 74.0 cm³/mol. The van der Waals surface area contributed by atoms with Crippen molar-refractivity contribution < 1.29 is 24.2 Å². The number of carbonyl (C=O) groups is 2. The zero-order chi connectivity index (χ0) is 16.6. The van der Waals surface area contributed by atoms with E-state index in [1.807, 2.05) is 0 Å². The van der Waals surface area contributed by atoms with E-state index in [9.17, 15) is 19.7 Å². The van der Waals surface area contributed by atoms with Crippen molar-refractivity contribution in [1.29, 1.82) is 0 Å². The van der Waals surface area contributed by atoms with Crippen LogP contribution in [-0.2, 0) is 9.59 Å². The van der Waals surface area contributed by atoms with Crippen molar-refractivity contribution in [3.63, 3.8) is 0 Å². The minimum atomic E-state index is -0.702. The van der Waals surface area contributed by atoms with Gasteiger partial charge in [0, 0.05) is 12.1 Å². The minimum absolute atomic E-state index is 0.0564. The highest BCUT2D eigenvalue weighted by atomic mass is 16.6. The van der Waals surface area contributed by atoms with Crippen LogP contribution in [-0.4, -0.2) is 50.2 Å². The van der Waals surface area contributed by atoms with Crippen LogP contribution >= 0.6 is 0 Å². The van der Waals surface area contributed by atoms with E-state index in [-0.39, 0.29) is 41.3 Å². The lowest BCUT2D eigenvalue weighted by Gasteiger charge is -2.13. The molecule has 11 nitrogen and oxygen atoms in total. The van der Waals surface area contributed by atoms with Crippen LogP contribution in [0.1, 0.15) is 0 Å². The molecule has 2 N–H and O–H groups in total. The van der Waals surface area contributed by atoms with E-state index in [0.717, 1.165) is 11.0 Å². The van der Waals surface area contributed by atoms with Gasteiger partial charge < -0.3 is 10.4 Å². The largest absolute Gasteiger partial charge is 0.395 e. The highest BCUT2D eigenvalue weighted by molar-refractivity contribution is 6.18. The molecule has 0 aliphatic carbocycles. The number of anilines is 1. The molecule has 1 aromatic carbocycles. The number of hydrogen-bond acceptors (Lipinski definition) is 9. The summed E-state index contributed by atoms with van der Waals surface area (Å²) in [7, 11) is 0. The number of aromatic nitrogens is 2. The van der Waals surface area contributed by atoms with Gasteiger partial charge in [0.25, 0.3) is 17.5 Å². The summed E-state index contributed by atoms with van der Waals surface area (Å²) >= 11 is 0. The Morgan fingerprint density at radius 3 is 2.83 bits per heavy atom. The molecule has 0 spiro atoms. The summed E-state index contributed by atoms with van der Waals surface area (Å²) in [6.07, 6.45) is 0.994. The molecular formula is C12H9N5O6. The number of nitrogens with one attached hydrogen (secondary N) is 1. The quantitative estimate of drug-likeness (QED) is 0.433. The molecule has 1 aliphatic heterocycles. The van der Waals surface area contributed by atoms with Crippen LogP contribution in [0.5, 0.6) is 0 Å². The third-order valence-corrected chi connectivity index (χ3v) is 3.20. The number of rotatable bonds is 5. The van der Waals surface area contributed by atoms with Gasteiger partial charge in [0.15, 0.2) is 5.52 Å². The number of carbonyl (C=O) groups excluding carboxylic acids is 2. The number of aliphatic hydroxyl groups excluding tert-OH is 1. The number of fused-ring (bicyclic) bond motifs is 1. The van der Waals surface area contributed by atoms with Gasteiger partial charge in [-0.15, -0.1) is 0 Å². The second-order valence-electron chi connectivity index (χ2n) is 4.55. The van der Waals surface area contributed by atoms with Gasteiger partial charge in [0.2, 0.25) is 0 Å². The van der Waals surface area contributed by atoms with Gasteiger partial charge in [-0.3, -0.25) is 24.6 Å². The molecule has 0 atom stereocenters. The Morgan fingerprint density at radius 1 is 1.35 bits per heavy atom. The number of imide groups is 1. The molecule has 0 fully saturated rings. The fourth-order valence-electron chi connectivity index (χ4n) is 2.16. The molecular weight excluding hydrogens is 310 g/mol. The normalized spacial score (nSPS) is 14.5. The maximum absolute atomic E-state index is 12.1. The van der Waals surface area contributed by atoms with Crippen LogP contribution in [0.2, 0.25) is 0 Å². The maximum Gasteiger partial charge on any atom is 0.295 e. The van der Waals surface area contributed by atoms with Crippen molar-refractivity contribution in [1.82, 2.24) is 15.2 Å². The smallest absolute Gasteiger partial charge is 0.295 e. The Labute approximate surface area is 127 Å². The van der Waals surface area contributed by atoms with E-state index >= 15 is 0 Å². The monoisotopic (exact) mass is 319 g/mol. The second-order valence-corrected chi connectivity index (χ2v) is 4.55. The molecule has 2 amide bonds. The van der Waals surface area contributed by atoms with E-state index in [1.165, 1.54) is 12.1 Å². The average Bonchev–Trinajstić information content (AvgIpc) is 3.08. The second kappa shape index (κ2) is 5.46. The maximum atomic E-state index is 12.1. The van der Waals surface area contributed by atoms with E-state index in [0.29, 0.717) is 0 Å². The Hall–Kier alpha value is -3.34. The van der Waals surface area contributed by atoms with Crippen molar-refractivity contribution in [3.05, 3.63) is 34.0 Å². The van der Waals surface area contributed by atoms with Gasteiger partial charge in [-0.25, -0.2) is 4.63 Å². The number of benzene rings is 1. The van der Waals surface area contributed by atoms with Crippen LogP contribution < -0.4 is 5.32 Å². The average molecular weight is 319 g/mol. The molecule has 11 heteroatoms. The minimum Gasteiger partial charge on any atom is -0.395 e. The number of nitrogens with zero attached hydrogens (tertiary/aromatic N) is 4. The molecule has 0 radical (unpaired) electrons. The fraction of sp³-hybridized carbons (Fsp3) is 0.167. The van der Waals surface area contributed by atoms with Gasteiger partial charge in [-0.1, -0.05) is 0 Å². The zero-order valence-electron chi connectivity index (χ0n) is 11.4. The molecule has 118 valence electrons. The van der Waals surface area contributed by atoms with Crippen LogP contribution in [0.4, 0.5) is 11.4 Å². The van der Waals surface area contributed by atoms with Gasteiger partial charge in [-0.2, -0.15) is 0 Å². The Bertz CT molecular complexity index is 857. The van der Waals surface area contributed by atoms with Crippen molar-refractivity contribution >= 4 is 34.2 Å². The number of nitro groups is 1. The van der Waals surface area contributed by atoms with E-state index in [1.54, 1.807) is 0 Å². The summed E-state index contributed by atoms with van der Waals surface area (Å²) < 4.78 is 4.54. The first-order chi connectivity index (χ1) is 11.0. The third kappa shape index (κ3) is 2.38. The van der Waals surface area contributed by atoms with Crippen LogP contribution in [0.25, 0.3) is 11.0 Å². The molecule has 23 heavy (non-hydrogen) atoms. The number of hydrogen-bond donors (Lipinski definition) is 2. The summed E-state index contributed by atoms with van der Waals surface area (Å²) in [6, 6.07) is 2.53. The van der Waals surface area contributed by atoms with Crippen molar-refractivity contribution in [2.24, 2.45) is 0 Å². The summed E-state index contributed by atoms with van der Waals surface area (Å²) in [6.45, 7) is -0.557. The molecule has 0 saturated carbocycles. The highest BCUT2D eigenvalue weighted by Crippen LogP contribution is 2.33. The van der Waals surface area contributed by atoms with Crippen LogP contribution in [0.15, 0.2) is 28.5 Å². The third-order valence-electron chi connectivity index (χ3n) is 3.20. The first-order valence-corrected chi connectivity index (χ1v) is 6.38. The van der Waals surface area contributed by atoms with E-state index in [4.69, 9.17) is 5.11 Å². The molecule has 0 saturated heterocycles. The molecule has 3 rings (SSSR count). The number of amides is 2. The summed E-state index contributed by atoms with van der Waals surface area (Å²) in [4.78, 5) is 35.1. The van der Waals surface area contributed by atoms with Crippen molar-refractivity contribution in [2.75, 3.05) is 18.5 Å². The lowest BCUT2D eigenvalue weighted by Crippen LogP contribution is -2.34. The first-order valence-electron chi connectivity index (χ1n) is 6.38. The molecule has 2 aromatic rings. The summed E-state index contributed by atoms with van der Waals surface area (Å²) in [5, 5.41) is 29.7. The topological polar surface area (TPSA) is 152 Å². The first kappa shape index (κ1) is 14.6. The van der Waals surface area contributed by atoms with Crippen molar-refractivity contribution in [3.8, 4) is 0 Å². The lowest BCUT2D eigenvalue weighted by molar-refractivity contribution is -0.383. The summed E-state index contributed by atoms with van der Waals surface area (Å²) in [5.74, 6) is -1.33. The van der Waals surface area contributed by atoms with Crippen LogP contribution in [0.3, 0.4) is 0 Å². The van der Waals surface area contributed by atoms with Crippen LogP contribution in [0, 0.1) is 10.1 Å². The molecule has 1 aliphatic rings. The van der Waals surface area contributed by atoms with E-state index < -0.39 is 16.7 Å². The SMILES string of the molecule is O=C1C=C(Nc2c([N+](=O)[O-])ccc3nonc23)C(=O)N1CCO. The molecule has 1 aromatic heterocycles. The van der Waals surface area contributed by atoms with Gasteiger partial charge in [-0.05, 0) is 16.4 Å². The van der Waals surface area contributed by atoms with Gasteiger partial charge >= 0.3 is 0 Å².